The highest BCUT2D eigenvalue weighted by Gasteiger charge is 2.36. The Morgan fingerprint density at radius 2 is 1.38 bits per heavy atom. The standard InChI is InChI=1S/C42H42ClN3O5S/c1-31-20-26-38(27-21-31)52(49,50)46(35-22-24-37(25-23-35)51-36-17-6-3-7-18-36)30-41(47)45(29-33-14-8-11-19-39(33)43)40(28-32-12-4-2-5-13-32)42(48)44-34-15-9-10-16-34/h2-8,11-14,17-27,34,40H,9-10,15-16,28-30H2,1H3,(H,44,48). The maximum atomic E-state index is 14.8. The van der Waals surface area contributed by atoms with E-state index in [1.165, 1.54) is 17.0 Å². The van der Waals surface area contributed by atoms with Crippen LogP contribution in [0.2, 0.25) is 5.02 Å². The number of hydrogen-bond donors (Lipinski definition) is 1. The Morgan fingerprint density at radius 3 is 2.04 bits per heavy atom. The number of nitrogens with one attached hydrogen (secondary N) is 1. The minimum absolute atomic E-state index is 0.00360. The fourth-order valence-corrected chi connectivity index (χ4v) is 8.01. The van der Waals surface area contributed by atoms with Gasteiger partial charge in [0.05, 0.1) is 10.6 Å². The summed E-state index contributed by atoms with van der Waals surface area (Å²) in [6, 6.07) is 38.1. The topological polar surface area (TPSA) is 96.0 Å². The summed E-state index contributed by atoms with van der Waals surface area (Å²) in [6.45, 7) is 1.30. The number of hydrogen-bond acceptors (Lipinski definition) is 5. The number of benzene rings is 5. The van der Waals surface area contributed by atoms with Gasteiger partial charge in [-0.15, -0.1) is 0 Å². The number of carbonyl (C=O) groups excluding carboxylic acids is 2. The quantitative estimate of drug-likeness (QED) is 0.124. The Bertz CT molecular complexity index is 2060. The Kier molecular flexibility index (Phi) is 11.9. The third-order valence-electron chi connectivity index (χ3n) is 9.26. The molecular weight excluding hydrogens is 694 g/mol. The predicted molar refractivity (Wildman–Crippen MR) is 205 cm³/mol. The average molecular weight is 736 g/mol. The molecule has 0 spiro atoms. The molecule has 1 fully saturated rings. The fourth-order valence-electron chi connectivity index (χ4n) is 6.40. The van der Waals surface area contributed by atoms with Crippen molar-refractivity contribution in [3.05, 3.63) is 155 Å². The van der Waals surface area contributed by atoms with Gasteiger partial charge in [0.25, 0.3) is 10.0 Å². The number of carbonyl (C=O) groups is 2. The molecule has 5 aromatic rings. The maximum Gasteiger partial charge on any atom is 0.264 e. The van der Waals surface area contributed by atoms with E-state index < -0.39 is 28.5 Å². The minimum atomic E-state index is -4.26. The lowest BCUT2D eigenvalue weighted by molar-refractivity contribution is -0.140. The molecule has 268 valence electrons. The molecule has 1 aliphatic rings. The Hall–Kier alpha value is -5.12. The molecule has 1 atom stereocenters. The Morgan fingerprint density at radius 1 is 0.788 bits per heavy atom. The van der Waals surface area contributed by atoms with Crippen molar-refractivity contribution >= 4 is 39.1 Å². The van der Waals surface area contributed by atoms with Gasteiger partial charge in [0.1, 0.15) is 24.1 Å². The molecule has 0 aliphatic heterocycles. The lowest BCUT2D eigenvalue weighted by Crippen LogP contribution is -2.54. The molecule has 0 heterocycles. The molecule has 0 radical (unpaired) electrons. The molecule has 1 unspecified atom stereocenters. The van der Waals surface area contributed by atoms with Crippen LogP contribution in [0.5, 0.6) is 11.5 Å². The van der Waals surface area contributed by atoms with Crippen molar-refractivity contribution < 1.29 is 22.7 Å². The number of amides is 2. The van der Waals surface area contributed by atoms with Gasteiger partial charge in [-0.05, 0) is 85.5 Å². The summed E-state index contributed by atoms with van der Waals surface area (Å²) < 4.78 is 35.9. The zero-order chi connectivity index (χ0) is 36.5. The second kappa shape index (κ2) is 16.9. The van der Waals surface area contributed by atoms with Gasteiger partial charge in [-0.3, -0.25) is 13.9 Å². The van der Waals surface area contributed by atoms with Gasteiger partial charge in [-0.25, -0.2) is 8.42 Å². The van der Waals surface area contributed by atoms with Crippen LogP contribution in [0, 0.1) is 6.92 Å². The number of rotatable bonds is 14. The number of nitrogens with zero attached hydrogens (tertiary/aromatic N) is 2. The highest BCUT2D eigenvalue weighted by molar-refractivity contribution is 7.92. The molecule has 10 heteroatoms. The summed E-state index contributed by atoms with van der Waals surface area (Å²) >= 11 is 6.64. The number of aryl methyl sites for hydroxylation is 1. The van der Waals surface area contributed by atoms with Gasteiger partial charge in [-0.2, -0.15) is 0 Å². The number of para-hydroxylation sites is 1. The largest absolute Gasteiger partial charge is 0.457 e. The van der Waals surface area contributed by atoms with Crippen molar-refractivity contribution in [1.29, 1.82) is 0 Å². The molecule has 0 bridgehead atoms. The fraction of sp³-hybridized carbons (Fsp3) is 0.238. The van der Waals surface area contributed by atoms with E-state index >= 15 is 0 Å². The molecule has 1 aliphatic carbocycles. The monoisotopic (exact) mass is 735 g/mol. The second-order valence-corrected chi connectivity index (χ2v) is 15.3. The van der Waals surface area contributed by atoms with Crippen molar-refractivity contribution in [2.45, 2.75) is 62.6 Å². The van der Waals surface area contributed by atoms with Gasteiger partial charge >= 0.3 is 0 Å². The third kappa shape index (κ3) is 9.21. The SMILES string of the molecule is Cc1ccc(S(=O)(=O)N(CC(=O)N(Cc2ccccc2Cl)C(Cc2ccccc2)C(=O)NC2CCCC2)c2ccc(Oc3ccccc3)cc2)cc1. The highest BCUT2D eigenvalue weighted by Crippen LogP contribution is 2.30. The normalized spacial score (nSPS) is 13.7. The zero-order valence-corrected chi connectivity index (χ0v) is 30.6. The van der Waals surface area contributed by atoms with Crippen LogP contribution in [-0.2, 0) is 32.6 Å². The molecule has 52 heavy (non-hydrogen) atoms. The summed E-state index contributed by atoms with van der Waals surface area (Å²) in [6.07, 6.45) is 4.02. The van der Waals surface area contributed by atoms with E-state index in [9.17, 15) is 18.0 Å². The lowest BCUT2D eigenvalue weighted by Gasteiger charge is -2.34. The van der Waals surface area contributed by atoms with E-state index in [1.807, 2.05) is 79.7 Å². The summed E-state index contributed by atoms with van der Waals surface area (Å²) in [5.74, 6) is 0.292. The van der Waals surface area contributed by atoms with E-state index in [4.69, 9.17) is 16.3 Å². The van der Waals surface area contributed by atoms with Crippen LogP contribution in [0.1, 0.15) is 42.4 Å². The first kappa shape index (κ1) is 36.7. The van der Waals surface area contributed by atoms with Crippen molar-refractivity contribution in [3.8, 4) is 11.5 Å². The van der Waals surface area contributed by atoms with Crippen molar-refractivity contribution in [2.75, 3.05) is 10.8 Å². The first-order valence-electron chi connectivity index (χ1n) is 17.5. The van der Waals surface area contributed by atoms with Crippen molar-refractivity contribution in [3.63, 3.8) is 0 Å². The minimum Gasteiger partial charge on any atom is -0.457 e. The van der Waals surface area contributed by atoms with Gasteiger partial charge < -0.3 is 15.0 Å². The average Bonchev–Trinajstić information content (AvgIpc) is 3.67. The van der Waals surface area contributed by atoms with E-state index in [1.54, 1.807) is 48.5 Å². The highest BCUT2D eigenvalue weighted by atomic mass is 35.5. The second-order valence-electron chi connectivity index (χ2n) is 13.0. The van der Waals surface area contributed by atoms with Gasteiger partial charge in [0.15, 0.2) is 0 Å². The van der Waals surface area contributed by atoms with Gasteiger partial charge in [0.2, 0.25) is 11.8 Å². The zero-order valence-electron chi connectivity index (χ0n) is 29.0. The first-order valence-corrected chi connectivity index (χ1v) is 19.3. The lowest BCUT2D eigenvalue weighted by atomic mass is 10.0. The molecule has 1 N–H and O–H groups in total. The smallest absolute Gasteiger partial charge is 0.264 e. The van der Waals surface area contributed by atoms with Crippen LogP contribution in [0.15, 0.2) is 138 Å². The van der Waals surface area contributed by atoms with E-state index in [-0.39, 0.29) is 35.5 Å². The molecular formula is C42H42ClN3O5S. The summed E-state index contributed by atoms with van der Waals surface area (Å²) in [5, 5.41) is 3.63. The van der Waals surface area contributed by atoms with Crippen LogP contribution in [-0.4, -0.2) is 43.8 Å². The molecule has 0 saturated heterocycles. The van der Waals surface area contributed by atoms with Crippen LogP contribution >= 0.6 is 11.6 Å². The van der Waals surface area contributed by atoms with E-state index in [0.29, 0.717) is 22.1 Å². The number of halogens is 1. The first-order chi connectivity index (χ1) is 25.2. The number of anilines is 1. The van der Waals surface area contributed by atoms with E-state index in [2.05, 4.69) is 5.32 Å². The summed E-state index contributed by atoms with van der Waals surface area (Å²) in [5.41, 5.74) is 2.66. The van der Waals surface area contributed by atoms with Gasteiger partial charge in [-0.1, -0.05) is 109 Å². The Balaban J connectivity index is 1.39. The van der Waals surface area contributed by atoms with Crippen LogP contribution in [0.4, 0.5) is 5.69 Å². The number of sulfonamides is 1. The Labute approximate surface area is 311 Å². The van der Waals surface area contributed by atoms with Crippen LogP contribution in [0.3, 0.4) is 0 Å². The van der Waals surface area contributed by atoms with Crippen LogP contribution in [0.25, 0.3) is 0 Å². The number of ether oxygens (including phenoxy) is 1. The molecule has 2 amide bonds. The molecule has 1 saturated carbocycles. The van der Waals surface area contributed by atoms with Crippen molar-refractivity contribution in [1.82, 2.24) is 10.2 Å². The summed E-state index contributed by atoms with van der Waals surface area (Å²) in [4.78, 5) is 30.6. The molecule has 6 rings (SSSR count). The summed E-state index contributed by atoms with van der Waals surface area (Å²) in [7, 11) is -4.26. The molecule has 0 aromatic heterocycles. The van der Waals surface area contributed by atoms with Gasteiger partial charge in [0, 0.05) is 24.0 Å². The van der Waals surface area contributed by atoms with Crippen molar-refractivity contribution in [2.24, 2.45) is 0 Å². The molecule has 8 nitrogen and oxygen atoms in total. The van der Waals surface area contributed by atoms with E-state index in [0.717, 1.165) is 41.1 Å². The third-order valence-corrected chi connectivity index (χ3v) is 11.4. The van der Waals surface area contributed by atoms with Crippen LogP contribution < -0.4 is 14.4 Å². The molecule has 5 aromatic carbocycles. The predicted octanol–water partition coefficient (Wildman–Crippen LogP) is 8.33. The maximum absolute atomic E-state index is 14.8.